The highest BCUT2D eigenvalue weighted by Gasteiger charge is 2.14. The van der Waals surface area contributed by atoms with E-state index in [2.05, 4.69) is 48.6 Å². The molecule has 124 valence electrons. The van der Waals surface area contributed by atoms with E-state index in [-0.39, 0.29) is 11.9 Å². The molecule has 23 heavy (non-hydrogen) atoms. The van der Waals surface area contributed by atoms with Crippen LogP contribution in [0.4, 0.5) is 0 Å². The topological polar surface area (TPSA) is 55.1 Å². The summed E-state index contributed by atoms with van der Waals surface area (Å²) < 4.78 is 5.14. The Morgan fingerprint density at radius 1 is 1.26 bits per heavy atom. The SMILES string of the molecule is CCC(NC(=O)CSCc1c(C)noc1C)c1ccc(C)cc1. The molecule has 0 aliphatic rings. The van der Waals surface area contributed by atoms with Crippen LogP contribution < -0.4 is 5.32 Å². The van der Waals surface area contributed by atoms with Crippen molar-refractivity contribution in [2.45, 2.75) is 45.9 Å². The van der Waals surface area contributed by atoms with E-state index in [4.69, 9.17) is 4.52 Å². The first-order valence-corrected chi connectivity index (χ1v) is 9.02. The first kappa shape index (κ1) is 17.6. The van der Waals surface area contributed by atoms with Crippen molar-refractivity contribution in [2.24, 2.45) is 0 Å². The maximum atomic E-state index is 12.2. The second kappa shape index (κ2) is 8.20. The van der Waals surface area contributed by atoms with Crippen LogP contribution in [0.5, 0.6) is 0 Å². The minimum Gasteiger partial charge on any atom is -0.361 e. The minimum atomic E-state index is 0.0641. The quantitative estimate of drug-likeness (QED) is 0.829. The van der Waals surface area contributed by atoms with Gasteiger partial charge in [0, 0.05) is 11.3 Å². The monoisotopic (exact) mass is 332 g/mol. The molecular weight excluding hydrogens is 308 g/mol. The molecule has 1 amide bonds. The lowest BCUT2D eigenvalue weighted by atomic mass is 10.0. The van der Waals surface area contributed by atoms with Gasteiger partial charge in [0.15, 0.2) is 0 Å². The predicted molar refractivity (Wildman–Crippen MR) is 94.5 cm³/mol. The Balaban J connectivity index is 1.84. The Kier molecular flexibility index (Phi) is 6.28. The fourth-order valence-corrected chi connectivity index (χ4v) is 3.40. The molecule has 0 bridgehead atoms. The summed E-state index contributed by atoms with van der Waals surface area (Å²) in [7, 11) is 0. The molecule has 1 atom stereocenters. The molecule has 0 radical (unpaired) electrons. The Labute approximate surface area is 142 Å². The van der Waals surface area contributed by atoms with E-state index in [1.54, 1.807) is 11.8 Å². The number of thioether (sulfide) groups is 1. The fourth-order valence-electron chi connectivity index (χ4n) is 2.41. The molecule has 1 N–H and O–H groups in total. The van der Waals surface area contributed by atoms with E-state index >= 15 is 0 Å². The van der Waals surface area contributed by atoms with Crippen LogP contribution in [0.25, 0.3) is 0 Å². The van der Waals surface area contributed by atoms with Gasteiger partial charge in [-0.25, -0.2) is 0 Å². The minimum absolute atomic E-state index is 0.0641. The van der Waals surface area contributed by atoms with Gasteiger partial charge < -0.3 is 9.84 Å². The molecule has 4 nitrogen and oxygen atoms in total. The lowest BCUT2D eigenvalue weighted by Gasteiger charge is -2.17. The van der Waals surface area contributed by atoms with Gasteiger partial charge in [-0.2, -0.15) is 0 Å². The van der Waals surface area contributed by atoms with Gasteiger partial charge in [0.2, 0.25) is 5.91 Å². The summed E-state index contributed by atoms with van der Waals surface area (Å²) in [6, 6.07) is 8.40. The predicted octanol–water partition coefficient (Wildman–Crippen LogP) is 4.10. The van der Waals surface area contributed by atoms with Gasteiger partial charge in [-0.1, -0.05) is 41.9 Å². The maximum Gasteiger partial charge on any atom is 0.230 e. The third-order valence-electron chi connectivity index (χ3n) is 3.88. The van der Waals surface area contributed by atoms with Crippen molar-refractivity contribution >= 4 is 17.7 Å². The van der Waals surface area contributed by atoms with Crippen molar-refractivity contribution in [3.05, 3.63) is 52.4 Å². The van der Waals surface area contributed by atoms with Gasteiger partial charge in [0.1, 0.15) is 5.76 Å². The number of hydrogen-bond acceptors (Lipinski definition) is 4. The zero-order valence-corrected chi connectivity index (χ0v) is 15.0. The zero-order valence-electron chi connectivity index (χ0n) is 14.2. The highest BCUT2D eigenvalue weighted by Crippen LogP contribution is 2.20. The van der Waals surface area contributed by atoms with Crippen molar-refractivity contribution in [3.63, 3.8) is 0 Å². The van der Waals surface area contributed by atoms with Crippen molar-refractivity contribution in [2.75, 3.05) is 5.75 Å². The van der Waals surface area contributed by atoms with Gasteiger partial charge in [-0.05, 0) is 32.8 Å². The number of nitrogens with one attached hydrogen (secondary N) is 1. The Morgan fingerprint density at radius 2 is 1.96 bits per heavy atom. The number of carbonyl (C=O) groups is 1. The second-order valence-electron chi connectivity index (χ2n) is 5.73. The maximum absolute atomic E-state index is 12.2. The number of aryl methyl sites for hydroxylation is 3. The highest BCUT2D eigenvalue weighted by atomic mass is 32.2. The Hall–Kier alpha value is -1.75. The van der Waals surface area contributed by atoms with Crippen molar-refractivity contribution in [1.82, 2.24) is 10.5 Å². The van der Waals surface area contributed by atoms with Crippen LogP contribution in [-0.4, -0.2) is 16.8 Å². The number of amides is 1. The number of aromatic nitrogens is 1. The molecule has 2 rings (SSSR count). The van der Waals surface area contributed by atoms with Crippen molar-refractivity contribution < 1.29 is 9.32 Å². The number of rotatable bonds is 7. The van der Waals surface area contributed by atoms with Gasteiger partial charge in [0.05, 0.1) is 17.5 Å². The fraction of sp³-hybridized carbons (Fsp3) is 0.444. The number of nitrogens with zero attached hydrogens (tertiary/aromatic N) is 1. The Bertz CT molecular complexity index is 630. The van der Waals surface area contributed by atoms with Crippen molar-refractivity contribution in [3.8, 4) is 0 Å². The second-order valence-corrected chi connectivity index (χ2v) is 6.72. The van der Waals surface area contributed by atoms with Gasteiger partial charge >= 0.3 is 0 Å². The number of carbonyl (C=O) groups excluding carboxylic acids is 1. The molecule has 2 aromatic rings. The van der Waals surface area contributed by atoms with Crippen LogP contribution in [0.2, 0.25) is 0 Å². The van der Waals surface area contributed by atoms with Crippen LogP contribution in [-0.2, 0) is 10.5 Å². The standard InChI is InChI=1S/C18H24N2O2S/c1-5-17(15-8-6-12(2)7-9-15)19-18(21)11-23-10-16-13(3)20-22-14(16)4/h6-9,17H,5,10-11H2,1-4H3,(H,19,21). The summed E-state index contributed by atoms with van der Waals surface area (Å²) in [5.74, 6) is 2.08. The lowest BCUT2D eigenvalue weighted by molar-refractivity contribution is -0.119. The van der Waals surface area contributed by atoms with E-state index in [0.717, 1.165) is 34.8 Å². The average Bonchev–Trinajstić information content (AvgIpc) is 2.85. The molecule has 0 aliphatic heterocycles. The first-order chi connectivity index (χ1) is 11.0. The van der Waals surface area contributed by atoms with E-state index in [1.807, 2.05) is 13.8 Å². The van der Waals surface area contributed by atoms with E-state index < -0.39 is 0 Å². The molecule has 0 saturated carbocycles. The zero-order chi connectivity index (χ0) is 16.8. The van der Waals surface area contributed by atoms with Crippen LogP contribution in [0.1, 0.15) is 47.5 Å². The molecule has 1 heterocycles. The van der Waals surface area contributed by atoms with Gasteiger partial charge in [0.25, 0.3) is 0 Å². The molecule has 0 aliphatic carbocycles. The van der Waals surface area contributed by atoms with E-state index in [1.165, 1.54) is 5.56 Å². The average molecular weight is 332 g/mol. The lowest BCUT2D eigenvalue weighted by Crippen LogP contribution is -2.29. The summed E-state index contributed by atoms with van der Waals surface area (Å²) in [6.07, 6.45) is 0.878. The molecule has 1 aromatic heterocycles. The van der Waals surface area contributed by atoms with Crippen LogP contribution >= 0.6 is 11.8 Å². The number of benzene rings is 1. The van der Waals surface area contributed by atoms with E-state index in [0.29, 0.717) is 5.75 Å². The third kappa shape index (κ3) is 4.86. The summed E-state index contributed by atoms with van der Waals surface area (Å²) in [5, 5.41) is 7.05. The third-order valence-corrected chi connectivity index (χ3v) is 4.84. The van der Waals surface area contributed by atoms with Gasteiger partial charge in [-0.3, -0.25) is 4.79 Å². The summed E-state index contributed by atoms with van der Waals surface area (Å²) >= 11 is 1.59. The highest BCUT2D eigenvalue weighted by molar-refractivity contribution is 7.99. The summed E-state index contributed by atoms with van der Waals surface area (Å²) in [5.41, 5.74) is 4.38. The molecule has 0 saturated heterocycles. The van der Waals surface area contributed by atoms with Crippen LogP contribution in [0, 0.1) is 20.8 Å². The Morgan fingerprint density at radius 3 is 2.52 bits per heavy atom. The largest absolute Gasteiger partial charge is 0.361 e. The van der Waals surface area contributed by atoms with Crippen molar-refractivity contribution in [1.29, 1.82) is 0 Å². The molecule has 0 spiro atoms. The molecule has 5 heteroatoms. The summed E-state index contributed by atoms with van der Waals surface area (Å²) in [6.45, 7) is 7.98. The molecule has 1 unspecified atom stereocenters. The van der Waals surface area contributed by atoms with E-state index in [9.17, 15) is 4.79 Å². The van der Waals surface area contributed by atoms with Gasteiger partial charge in [-0.15, -0.1) is 11.8 Å². The molecular formula is C18H24N2O2S. The van der Waals surface area contributed by atoms with Crippen LogP contribution in [0.3, 0.4) is 0 Å². The molecule has 0 fully saturated rings. The van der Waals surface area contributed by atoms with Crippen LogP contribution in [0.15, 0.2) is 28.8 Å². The normalized spacial score (nSPS) is 12.2. The molecule has 1 aromatic carbocycles. The smallest absolute Gasteiger partial charge is 0.230 e. The number of hydrogen-bond donors (Lipinski definition) is 1. The summed E-state index contributed by atoms with van der Waals surface area (Å²) in [4.78, 5) is 12.2. The first-order valence-electron chi connectivity index (χ1n) is 7.86.